The number of carbonyl (C=O) groups excluding carboxylic acids is 1. The summed E-state index contributed by atoms with van der Waals surface area (Å²) in [5.41, 5.74) is 1.51. The highest BCUT2D eigenvalue weighted by Gasteiger charge is 2.15. The molecule has 1 N–H and O–H groups in total. The molecule has 0 unspecified atom stereocenters. The molecule has 1 amide bonds. The maximum absolute atomic E-state index is 12.6. The molecular weight excluding hydrogens is 398 g/mol. The van der Waals surface area contributed by atoms with Crippen LogP contribution in [0.25, 0.3) is 16.4 Å². The minimum Gasteiger partial charge on any atom is -0.345 e. The molecule has 0 saturated heterocycles. The fraction of sp³-hybridized carbons (Fsp3) is 0.111. The number of aryl methyl sites for hydroxylation is 1. The van der Waals surface area contributed by atoms with Gasteiger partial charge in [0.2, 0.25) is 0 Å². The highest BCUT2D eigenvalue weighted by atomic mass is 79.9. The molecule has 3 aromatic heterocycles. The fourth-order valence-electron chi connectivity index (χ4n) is 2.82. The molecule has 4 aromatic rings. The van der Waals surface area contributed by atoms with Gasteiger partial charge >= 0.3 is 0 Å². The molecule has 26 heavy (non-hydrogen) atoms. The van der Waals surface area contributed by atoms with E-state index in [9.17, 15) is 9.59 Å². The first-order valence-electron chi connectivity index (χ1n) is 7.90. The molecule has 3 heterocycles. The van der Waals surface area contributed by atoms with Crippen molar-refractivity contribution in [1.82, 2.24) is 24.5 Å². The zero-order valence-corrected chi connectivity index (χ0v) is 15.4. The van der Waals surface area contributed by atoms with Gasteiger partial charge in [0.15, 0.2) is 5.69 Å². The average molecular weight is 412 g/mol. The van der Waals surface area contributed by atoms with Crippen LogP contribution in [0.5, 0.6) is 0 Å². The van der Waals surface area contributed by atoms with E-state index in [2.05, 4.69) is 31.3 Å². The first-order chi connectivity index (χ1) is 12.5. The Morgan fingerprint density at radius 2 is 1.92 bits per heavy atom. The van der Waals surface area contributed by atoms with Crippen LogP contribution in [-0.2, 0) is 13.6 Å². The van der Waals surface area contributed by atoms with Crippen LogP contribution in [0.4, 0.5) is 0 Å². The molecule has 130 valence electrons. The van der Waals surface area contributed by atoms with Gasteiger partial charge in [-0.1, -0.05) is 18.2 Å². The third kappa shape index (κ3) is 2.88. The van der Waals surface area contributed by atoms with Crippen molar-refractivity contribution in [3.8, 4) is 0 Å². The monoisotopic (exact) mass is 411 g/mol. The van der Waals surface area contributed by atoms with E-state index in [4.69, 9.17) is 0 Å². The third-order valence-corrected chi connectivity index (χ3v) is 4.54. The van der Waals surface area contributed by atoms with Gasteiger partial charge in [0.1, 0.15) is 5.65 Å². The number of aromatic nitrogens is 4. The minimum atomic E-state index is -0.352. The van der Waals surface area contributed by atoms with Gasteiger partial charge in [0.05, 0.1) is 17.6 Å². The summed E-state index contributed by atoms with van der Waals surface area (Å²) in [5.74, 6) is -0.352. The SMILES string of the molecule is Cn1nc(C(=O)NCc2cn3cc(Br)ccc3n2)c2ccccc2c1=O. The van der Waals surface area contributed by atoms with Gasteiger partial charge in [-0.2, -0.15) is 5.10 Å². The summed E-state index contributed by atoms with van der Waals surface area (Å²) < 4.78 is 4.00. The summed E-state index contributed by atoms with van der Waals surface area (Å²) in [7, 11) is 1.53. The molecule has 0 radical (unpaired) electrons. The van der Waals surface area contributed by atoms with E-state index >= 15 is 0 Å². The molecule has 0 aliphatic carbocycles. The summed E-state index contributed by atoms with van der Waals surface area (Å²) in [5, 5.41) is 7.95. The molecule has 0 fully saturated rings. The van der Waals surface area contributed by atoms with Crippen molar-refractivity contribution in [2.45, 2.75) is 6.54 Å². The van der Waals surface area contributed by atoms with E-state index in [0.29, 0.717) is 10.8 Å². The number of carbonyl (C=O) groups is 1. The highest BCUT2D eigenvalue weighted by Crippen LogP contribution is 2.14. The summed E-state index contributed by atoms with van der Waals surface area (Å²) in [6, 6.07) is 10.8. The van der Waals surface area contributed by atoms with Gasteiger partial charge in [0, 0.05) is 29.3 Å². The maximum Gasteiger partial charge on any atom is 0.274 e. The van der Waals surface area contributed by atoms with Crippen LogP contribution in [0.2, 0.25) is 0 Å². The van der Waals surface area contributed by atoms with Crippen LogP contribution < -0.4 is 10.9 Å². The lowest BCUT2D eigenvalue weighted by atomic mass is 10.1. The number of rotatable bonds is 3. The number of amides is 1. The number of benzene rings is 1. The second kappa shape index (κ2) is 6.38. The van der Waals surface area contributed by atoms with Gasteiger partial charge in [-0.05, 0) is 34.1 Å². The van der Waals surface area contributed by atoms with Crippen LogP contribution >= 0.6 is 15.9 Å². The van der Waals surface area contributed by atoms with E-state index in [0.717, 1.165) is 15.8 Å². The second-order valence-corrected chi connectivity index (χ2v) is 6.77. The van der Waals surface area contributed by atoms with Gasteiger partial charge in [-0.3, -0.25) is 9.59 Å². The Kier molecular flexibility index (Phi) is 4.04. The number of hydrogen-bond donors (Lipinski definition) is 1. The van der Waals surface area contributed by atoms with E-state index < -0.39 is 0 Å². The quantitative estimate of drug-likeness (QED) is 0.560. The molecule has 0 aliphatic rings. The van der Waals surface area contributed by atoms with Gasteiger partial charge in [-0.15, -0.1) is 0 Å². The van der Waals surface area contributed by atoms with Crippen molar-refractivity contribution in [3.63, 3.8) is 0 Å². The topological polar surface area (TPSA) is 81.3 Å². The Bertz CT molecular complexity index is 1210. The van der Waals surface area contributed by atoms with E-state index in [-0.39, 0.29) is 23.7 Å². The van der Waals surface area contributed by atoms with Crippen molar-refractivity contribution >= 4 is 38.3 Å². The third-order valence-electron chi connectivity index (χ3n) is 4.07. The molecule has 1 aromatic carbocycles. The van der Waals surface area contributed by atoms with Gasteiger partial charge in [0.25, 0.3) is 11.5 Å². The van der Waals surface area contributed by atoms with Crippen molar-refractivity contribution in [2.75, 3.05) is 0 Å². The van der Waals surface area contributed by atoms with Crippen molar-refractivity contribution < 1.29 is 4.79 Å². The number of pyridine rings is 1. The number of imidazole rings is 1. The summed E-state index contributed by atoms with van der Waals surface area (Å²) >= 11 is 3.42. The molecular formula is C18H14BrN5O2. The van der Waals surface area contributed by atoms with E-state index in [1.807, 2.05) is 28.9 Å². The van der Waals surface area contributed by atoms with Crippen LogP contribution in [0.3, 0.4) is 0 Å². The van der Waals surface area contributed by atoms with Crippen LogP contribution in [0, 0.1) is 0 Å². The molecule has 0 atom stereocenters. The van der Waals surface area contributed by atoms with Crippen LogP contribution in [-0.4, -0.2) is 25.1 Å². The number of hydrogen-bond acceptors (Lipinski definition) is 4. The Morgan fingerprint density at radius 3 is 2.73 bits per heavy atom. The molecule has 0 spiro atoms. The lowest BCUT2D eigenvalue weighted by Crippen LogP contribution is -2.29. The summed E-state index contributed by atoms with van der Waals surface area (Å²) in [6.07, 6.45) is 3.75. The average Bonchev–Trinajstić information content (AvgIpc) is 3.04. The second-order valence-electron chi connectivity index (χ2n) is 5.85. The maximum atomic E-state index is 12.6. The summed E-state index contributed by atoms with van der Waals surface area (Å²) in [4.78, 5) is 29.3. The smallest absolute Gasteiger partial charge is 0.274 e. The predicted octanol–water partition coefficient (Wildman–Crippen LogP) is 2.27. The minimum absolute atomic E-state index is 0.217. The van der Waals surface area contributed by atoms with Crippen molar-refractivity contribution in [2.24, 2.45) is 7.05 Å². The van der Waals surface area contributed by atoms with Crippen LogP contribution in [0.15, 0.2) is 58.1 Å². The number of nitrogens with one attached hydrogen (secondary N) is 1. The molecule has 0 aliphatic heterocycles. The zero-order valence-electron chi connectivity index (χ0n) is 13.8. The number of halogens is 1. The lowest BCUT2D eigenvalue weighted by molar-refractivity contribution is 0.0945. The van der Waals surface area contributed by atoms with Crippen molar-refractivity contribution in [3.05, 3.63) is 75.0 Å². The van der Waals surface area contributed by atoms with Gasteiger partial charge < -0.3 is 9.72 Å². The molecule has 8 heteroatoms. The highest BCUT2D eigenvalue weighted by molar-refractivity contribution is 9.10. The standard InChI is InChI=1S/C18H14BrN5O2/c1-23-18(26)14-5-3-2-4-13(14)16(22-23)17(25)20-8-12-10-24-9-11(19)6-7-15(24)21-12/h2-7,9-10H,8H2,1H3,(H,20,25). The van der Waals surface area contributed by atoms with E-state index in [1.165, 1.54) is 11.7 Å². The van der Waals surface area contributed by atoms with Crippen LogP contribution in [0.1, 0.15) is 16.2 Å². The number of nitrogens with zero attached hydrogens (tertiary/aromatic N) is 4. The van der Waals surface area contributed by atoms with E-state index in [1.54, 1.807) is 24.3 Å². The lowest BCUT2D eigenvalue weighted by Gasteiger charge is -2.08. The van der Waals surface area contributed by atoms with Crippen molar-refractivity contribution in [1.29, 1.82) is 0 Å². The molecule has 4 rings (SSSR count). The summed E-state index contributed by atoms with van der Waals surface area (Å²) in [6.45, 7) is 0.261. The Labute approximate surface area is 156 Å². The molecule has 7 nitrogen and oxygen atoms in total. The zero-order chi connectivity index (χ0) is 18.3. The first kappa shape index (κ1) is 16.5. The number of fused-ring (bicyclic) bond motifs is 2. The fourth-order valence-corrected chi connectivity index (χ4v) is 3.18. The Balaban J connectivity index is 1.63. The predicted molar refractivity (Wildman–Crippen MR) is 101 cm³/mol. The Morgan fingerprint density at radius 1 is 1.15 bits per heavy atom. The molecule has 0 saturated carbocycles. The normalized spacial score (nSPS) is 11.2. The molecule has 0 bridgehead atoms. The van der Waals surface area contributed by atoms with Gasteiger partial charge in [-0.25, -0.2) is 9.67 Å². The largest absolute Gasteiger partial charge is 0.345 e. The first-order valence-corrected chi connectivity index (χ1v) is 8.69. The Hall–Kier alpha value is -3.00.